The Morgan fingerprint density at radius 2 is 1.94 bits per heavy atom. The standard InChI is InChI=1S/C13H28N2O2S/c1-5-8-15-13(16)10-18(17)9-12(14-7-3)11(4)6-2/h11-12,14H,5-10H2,1-4H3,(H,15,16). The summed E-state index contributed by atoms with van der Waals surface area (Å²) in [5, 5.41) is 6.12. The van der Waals surface area contributed by atoms with E-state index in [-0.39, 0.29) is 17.7 Å². The topological polar surface area (TPSA) is 58.2 Å². The lowest BCUT2D eigenvalue weighted by molar-refractivity contribution is -0.118. The Morgan fingerprint density at radius 3 is 2.44 bits per heavy atom. The average molecular weight is 276 g/mol. The van der Waals surface area contributed by atoms with Crippen molar-refractivity contribution in [2.45, 2.75) is 46.6 Å². The first-order valence-corrected chi connectivity index (χ1v) is 8.38. The Hall–Kier alpha value is -0.420. The van der Waals surface area contributed by atoms with E-state index in [2.05, 4.69) is 24.5 Å². The lowest BCUT2D eigenvalue weighted by Gasteiger charge is -2.23. The van der Waals surface area contributed by atoms with Crippen LogP contribution in [0.3, 0.4) is 0 Å². The molecule has 0 rings (SSSR count). The lowest BCUT2D eigenvalue weighted by Crippen LogP contribution is -2.41. The molecule has 0 saturated carbocycles. The van der Waals surface area contributed by atoms with Crippen LogP contribution in [-0.4, -0.2) is 40.8 Å². The Labute approximate surface area is 114 Å². The molecule has 4 nitrogen and oxygen atoms in total. The van der Waals surface area contributed by atoms with Gasteiger partial charge in [0.15, 0.2) is 0 Å². The molecule has 0 heterocycles. The molecular formula is C13H28N2O2S. The highest BCUT2D eigenvalue weighted by Gasteiger charge is 2.18. The Morgan fingerprint density at radius 1 is 1.28 bits per heavy atom. The fraction of sp³-hybridized carbons (Fsp3) is 0.923. The van der Waals surface area contributed by atoms with Crippen molar-refractivity contribution in [1.82, 2.24) is 10.6 Å². The van der Waals surface area contributed by atoms with E-state index in [1.165, 1.54) is 0 Å². The molecule has 0 aromatic carbocycles. The van der Waals surface area contributed by atoms with Gasteiger partial charge in [0, 0.05) is 29.1 Å². The number of hydrogen-bond donors (Lipinski definition) is 2. The van der Waals surface area contributed by atoms with Crippen molar-refractivity contribution in [1.29, 1.82) is 0 Å². The van der Waals surface area contributed by atoms with E-state index >= 15 is 0 Å². The molecule has 0 aromatic rings. The number of amides is 1. The fourth-order valence-corrected chi connectivity index (χ4v) is 3.05. The highest BCUT2D eigenvalue weighted by molar-refractivity contribution is 7.85. The van der Waals surface area contributed by atoms with Gasteiger partial charge >= 0.3 is 0 Å². The van der Waals surface area contributed by atoms with Crippen molar-refractivity contribution in [2.75, 3.05) is 24.6 Å². The van der Waals surface area contributed by atoms with E-state index in [0.29, 0.717) is 18.2 Å². The molecule has 1 amide bonds. The first kappa shape index (κ1) is 17.6. The van der Waals surface area contributed by atoms with Crippen molar-refractivity contribution in [2.24, 2.45) is 5.92 Å². The van der Waals surface area contributed by atoms with Gasteiger partial charge in [0.2, 0.25) is 5.91 Å². The molecule has 18 heavy (non-hydrogen) atoms. The van der Waals surface area contributed by atoms with Crippen LogP contribution in [0.15, 0.2) is 0 Å². The van der Waals surface area contributed by atoms with Gasteiger partial charge in [-0.25, -0.2) is 0 Å². The third-order valence-corrected chi connectivity index (χ3v) is 4.34. The van der Waals surface area contributed by atoms with Crippen LogP contribution in [-0.2, 0) is 15.6 Å². The number of rotatable bonds is 10. The normalized spacial score (nSPS) is 16.0. The van der Waals surface area contributed by atoms with Gasteiger partial charge in [-0.05, 0) is 18.9 Å². The summed E-state index contributed by atoms with van der Waals surface area (Å²) in [6.07, 6.45) is 1.96. The minimum absolute atomic E-state index is 0.102. The van der Waals surface area contributed by atoms with Gasteiger partial charge in [0.1, 0.15) is 5.75 Å². The first-order chi connectivity index (χ1) is 8.54. The van der Waals surface area contributed by atoms with Crippen LogP contribution in [0, 0.1) is 5.92 Å². The summed E-state index contributed by atoms with van der Waals surface area (Å²) in [5.74, 6) is 1.06. The van der Waals surface area contributed by atoms with Crippen molar-refractivity contribution < 1.29 is 9.00 Å². The third-order valence-electron chi connectivity index (χ3n) is 3.03. The van der Waals surface area contributed by atoms with Crippen LogP contribution in [0.5, 0.6) is 0 Å². The predicted molar refractivity (Wildman–Crippen MR) is 78.1 cm³/mol. The first-order valence-electron chi connectivity index (χ1n) is 6.90. The maximum atomic E-state index is 11.9. The molecule has 0 spiro atoms. The van der Waals surface area contributed by atoms with E-state index in [0.717, 1.165) is 19.4 Å². The van der Waals surface area contributed by atoms with Crippen molar-refractivity contribution in [3.63, 3.8) is 0 Å². The number of hydrogen-bond acceptors (Lipinski definition) is 3. The maximum absolute atomic E-state index is 11.9. The van der Waals surface area contributed by atoms with E-state index in [1.54, 1.807) is 0 Å². The van der Waals surface area contributed by atoms with Gasteiger partial charge in [-0.2, -0.15) is 0 Å². The second kappa shape index (κ2) is 10.5. The summed E-state index contributed by atoms with van der Waals surface area (Å²) >= 11 is 0. The molecule has 3 atom stereocenters. The van der Waals surface area contributed by atoms with E-state index in [4.69, 9.17) is 0 Å². The van der Waals surface area contributed by atoms with Gasteiger partial charge in [-0.1, -0.05) is 34.1 Å². The van der Waals surface area contributed by atoms with Gasteiger partial charge in [-0.3, -0.25) is 9.00 Å². The summed E-state index contributed by atoms with van der Waals surface area (Å²) < 4.78 is 11.9. The predicted octanol–water partition coefficient (Wildman–Crippen LogP) is 1.29. The zero-order valence-electron chi connectivity index (χ0n) is 12.1. The second-order valence-electron chi connectivity index (χ2n) is 4.65. The van der Waals surface area contributed by atoms with E-state index < -0.39 is 10.8 Å². The summed E-state index contributed by atoms with van der Waals surface area (Å²) in [7, 11) is -1.08. The Balaban J connectivity index is 4.12. The fourth-order valence-electron chi connectivity index (χ4n) is 1.69. The van der Waals surface area contributed by atoms with Gasteiger partial charge < -0.3 is 10.6 Å². The monoisotopic (exact) mass is 276 g/mol. The Bertz CT molecular complexity index is 259. The van der Waals surface area contributed by atoms with Crippen molar-refractivity contribution in [3.05, 3.63) is 0 Å². The van der Waals surface area contributed by atoms with Crippen molar-refractivity contribution >= 4 is 16.7 Å². The molecule has 0 saturated heterocycles. The summed E-state index contributed by atoms with van der Waals surface area (Å²) in [5.41, 5.74) is 0. The second-order valence-corrected chi connectivity index (χ2v) is 6.15. The van der Waals surface area contributed by atoms with Crippen LogP contribution in [0.4, 0.5) is 0 Å². The van der Waals surface area contributed by atoms with Crippen LogP contribution in [0.2, 0.25) is 0 Å². The molecule has 0 radical (unpaired) electrons. The van der Waals surface area contributed by atoms with E-state index in [9.17, 15) is 9.00 Å². The van der Waals surface area contributed by atoms with Gasteiger partial charge in [0.05, 0.1) is 0 Å². The SMILES string of the molecule is CCCNC(=O)CS(=O)CC(NCC)C(C)CC. The van der Waals surface area contributed by atoms with Crippen LogP contribution in [0.25, 0.3) is 0 Å². The summed E-state index contributed by atoms with van der Waals surface area (Å²) in [4.78, 5) is 11.5. The molecule has 0 bridgehead atoms. The molecule has 0 aromatic heterocycles. The zero-order valence-corrected chi connectivity index (χ0v) is 12.9. The summed E-state index contributed by atoms with van der Waals surface area (Å²) in [6, 6.07) is 0.236. The van der Waals surface area contributed by atoms with Crippen LogP contribution >= 0.6 is 0 Å². The van der Waals surface area contributed by atoms with Crippen LogP contribution < -0.4 is 10.6 Å². The number of nitrogens with one attached hydrogen (secondary N) is 2. The van der Waals surface area contributed by atoms with E-state index in [1.807, 2.05) is 13.8 Å². The molecule has 0 aliphatic rings. The Kier molecular flexibility index (Phi) is 10.3. The molecule has 2 N–H and O–H groups in total. The molecule has 0 aliphatic heterocycles. The number of carbonyl (C=O) groups is 1. The van der Waals surface area contributed by atoms with Gasteiger partial charge in [-0.15, -0.1) is 0 Å². The highest BCUT2D eigenvalue weighted by atomic mass is 32.2. The average Bonchev–Trinajstić information content (AvgIpc) is 2.34. The van der Waals surface area contributed by atoms with Gasteiger partial charge in [0.25, 0.3) is 0 Å². The third kappa shape index (κ3) is 7.82. The molecule has 5 heteroatoms. The molecule has 3 unspecified atom stereocenters. The molecule has 0 fully saturated rings. The minimum Gasteiger partial charge on any atom is -0.355 e. The highest BCUT2D eigenvalue weighted by Crippen LogP contribution is 2.09. The summed E-state index contributed by atoms with van der Waals surface area (Å²) in [6.45, 7) is 9.87. The smallest absolute Gasteiger partial charge is 0.232 e. The molecule has 108 valence electrons. The van der Waals surface area contributed by atoms with Crippen molar-refractivity contribution in [3.8, 4) is 0 Å². The lowest BCUT2D eigenvalue weighted by atomic mass is 10.0. The van der Waals surface area contributed by atoms with Crippen LogP contribution in [0.1, 0.15) is 40.5 Å². The number of carbonyl (C=O) groups excluding carboxylic acids is 1. The quantitative estimate of drug-likeness (QED) is 0.632. The largest absolute Gasteiger partial charge is 0.355 e. The molecular weight excluding hydrogens is 248 g/mol. The maximum Gasteiger partial charge on any atom is 0.232 e. The zero-order chi connectivity index (χ0) is 14.0. The minimum atomic E-state index is -1.08. The molecule has 0 aliphatic carbocycles.